The first-order valence-corrected chi connectivity index (χ1v) is 9.92. The molecule has 0 aromatic rings. The lowest BCUT2D eigenvalue weighted by molar-refractivity contribution is -0.887. The molecular formula is C12H29ClINSi. The van der Waals surface area contributed by atoms with E-state index < -0.39 is 8.07 Å². The highest BCUT2D eigenvalue weighted by molar-refractivity contribution is 6.78. The fourth-order valence-corrected chi connectivity index (χ4v) is 4.55. The van der Waals surface area contributed by atoms with E-state index >= 15 is 0 Å². The molecule has 1 nitrogen and oxygen atoms in total. The van der Waals surface area contributed by atoms with E-state index in [1.54, 1.807) is 0 Å². The van der Waals surface area contributed by atoms with Crippen LogP contribution in [0.2, 0.25) is 24.7 Å². The summed E-state index contributed by atoms with van der Waals surface area (Å²) in [5.41, 5.74) is 0. The Morgan fingerprint density at radius 2 is 1.56 bits per heavy atom. The molecule has 0 rings (SSSR count). The monoisotopic (exact) mass is 377 g/mol. The largest absolute Gasteiger partial charge is 1.00 e. The van der Waals surface area contributed by atoms with Gasteiger partial charge < -0.3 is 28.5 Å². The first-order chi connectivity index (χ1) is 6.89. The molecule has 0 aromatic heterocycles. The maximum absolute atomic E-state index is 5.80. The predicted molar refractivity (Wildman–Crippen MR) is 74.6 cm³/mol. The van der Waals surface area contributed by atoms with Crippen molar-refractivity contribution < 1.29 is 28.5 Å². The van der Waals surface area contributed by atoms with Crippen LogP contribution >= 0.6 is 11.6 Å². The van der Waals surface area contributed by atoms with Gasteiger partial charge in [-0.05, 0) is 6.42 Å². The summed E-state index contributed by atoms with van der Waals surface area (Å²) in [6.45, 7) is 9.67. The van der Waals surface area contributed by atoms with Gasteiger partial charge >= 0.3 is 0 Å². The Hall–Kier alpha value is 1.20. The summed E-state index contributed by atoms with van der Waals surface area (Å²) in [5, 5.41) is 0. The van der Waals surface area contributed by atoms with E-state index in [9.17, 15) is 0 Å². The van der Waals surface area contributed by atoms with Crippen LogP contribution in [0.3, 0.4) is 0 Å². The summed E-state index contributed by atoms with van der Waals surface area (Å²) in [6.07, 6.45) is 1.38. The van der Waals surface area contributed by atoms with Crippen molar-refractivity contribution in [3.63, 3.8) is 0 Å². The lowest BCUT2D eigenvalue weighted by Gasteiger charge is -2.31. The number of hydrogen-bond donors (Lipinski definition) is 0. The van der Waals surface area contributed by atoms with Crippen LogP contribution in [0.25, 0.3) is 0 Å². The van der Waals surface area contributed by atoms with Crippen molar-refractivity contribution in [1.29, 1.82) is 0 Å². The lowest BCUT2D eigenvalue weighted by atomic mass is 10.4. The van der Waals surface area contributed by atoms with Crippen LogP contribution in [0, 0.1) is 0 Å². The average molecular weight is 378 g/mol. The second kappa shape index (κ2) is 9.17. The second-order valence-corrected chi connectivity index (χ2v) is 11.6. The van der Waals surface area contributed by atoms with Gasteiger partial charge in [-0.2, -0.15) is 0 Å². The van der Waals surface area contributed by atoms with Gasteiger partial charge in [-0.1, -0.05) is 38.5 Å². The zero-order valence-corrected chi connectivity index (χ0v) is 15.6. The summed E-state index contributed by atoms with van der Waals surface area (Å²) in [6, 6.07) is 4.36. The minimum absolute atomic E-state index is 0. The highest BCUT2D eigenvalue weighted by Gasteiger charge is 2.23. The molecule has 0 unspecified atom stereocenters. The number of hydrogen-bond acceptors (Lipinski definition) is 0. The second-order valence-electron chi connectivity index (χ2n) is 5.69. The summed E-state index contributed by atoms with van der Waals surface area (Å²) in [5.74, 6) is 0.781. The van der Waals surface area contributed by atoms with Crippen molar-refractivity contribution in [2.75, 3.05) is 33.1 Å². The average Bonchev–Trinajstić information content (AvgIpc) is 2.17. The van der Waals surface area contributed by atoms with Gasteiger partial charge in [0, 0.05) is 0 Å². The molecule has 0 spiro atoms. The van der Waals surface area contributed by atoms with Gasteiger partial charge in [0.25, 0.3) is 0 Å². The zero-order chi connectivity index (χ0) is 11.9. The normalized spacial score (nSPS) is 12.4. The third-order valence-electron chi connectivity index (χ3n) is 3.94. The SMILES string of the molecule is CC[Si](C)(CC)CCC[N+](C)(C)CCCl.[I-]. The van der Waals surface area contributed by atoms with E-state index in [0.29, 0.717) is 0 Å². The Balaban J connectivity index is 0. The maximum atomic E-state index is 5.80. The van der Waals surface area contributed by atoms with Gasteiger partial charge in [-0.25, -0.2) is 0 Å². The molecule has 0 saturated heterocycles. The maximum Gasteiger partial charge on any atom is 0.0920 e. The van der Waals surface area contributed by atoms with Crippen LogP contribution in [-0.2, 0) is 0 Å². The molecule has 0 radical (unpaired) electrons. The number of halogens is 2. The van der Waals surface area contributed by atoms with E-state index in [0.717, 1.165) is 16.9 Å². The van der Waals surface area contributed by atoms with Crippen LogP contribution in [0.15, 0.2) is 0 Å². The zero-order valence-electron chi connectivity index (χ0n) is 11.7. The molecule has 0 amide bonds. The fourth-order valence-electron chi connectivity index (χ4n) is 1.88. The molecular weight excluding hydrogens is 349 g/mol. The van der Waals surface area contributed by atoms with Gasteiger partial charge in [-0.3, -0.25) is 0 Å². The van der Waals surface area contributed by atoms with Crippen molar-refractivity contribution in [3.8, 4) is 0 Å². The van der Waals surface area contributed by atoms with Crippen LogP contribution in [0.4, 0.5) is 0 Å². The Morgan fingerprint density at radius 3 is 1.94 bits per heavy atom. The van der Waals surface area contributed by atoms with Crippen molar-refractivity contribution >= 4 is 19.7 Å². The van der Waals surface area contributed by atoms with E-state index in [4.69, 9.17) is 11.6 Å². The van der Waals surface area contributed by atoms with Crippen molar-refractivity contribution in [2.24, 2.45) is 0 Å². The van der Waals surface area contributed by atoms with Gasteiger partial charge in [0.05, 0.1) is 41.1 Å². The van der Waals surface area contributed by atoms with Crippen LogP contribution in [0.1, 0.15) is 20.3 Å². The molecule has 100 valence electrons. The van der Waals surface area contributed by atoms with E-state index in [2.05, 4.69) is 34.5 Å². The molecule has 0 atom stereocenters. The van der Waals surface area contributed by atoms with Gasteiger partial charge in [0.2, 0.25) is 0 Å². The number of quaternary nitrogens is 1. The molecule has 0 bridgehead atoms. The summed E-state index contributed by atoms with van der Waals surface area (Å²) < 4.78 is 1.08. The Kier molecular flexibility index (Phi) is 11.2. The molecule has 0 saturated carbocycles. The van der Waals surface area contributed by atoms with Crippen LogP contribution < -0.4 is 24.0 Å². The molecule has 0 N–H and O–H groups in total. The smallest absolute Gasteiger partial charge is 0.0920 e. The first-order valence-electron chi connectivity index (χ1n) is 6.27. The van der Waals surface area contributed by atoms with Crippen molar-refractivity contribution in [3.05, 3.63) is 0 Å². The fraction of sp³-hybridized carbons (Fsp3) is 1.00. The highest BCUT2D eigenvalue weighted by atomic mass is 127. The lowest BCUT2D eigenvalue weighted by Crippen LogP contribution is -3.00. The van der Waals surface area contributed by atoms with E-state index in [1.165, 1.54) is 31.1 Å². The Labute approximate surface area is 126 Å². The number of alkyl halides is 1. The first kappa shape index (κ1) is 19.5. The minimum Gasteiger partial charge on any atom is -1.00 e. The van der Waals surface area contributed by atoms with Gasteiger partial charge in [0.15, 0.2) is 0 Å². The molecule has 0 aliphatic heterocycles. The van der Waals surface area contributed by atoms with Crippen molar-refractivity contribution in [1.82, 2.24) is 0 Å². The molecule has 0 fully saturated rings. The van der Waals surface area contributed by atoms with Crippen LogP contribution in [-0.4, -0.2) is 45.6 Å². The van der Waals surface area contributed by atoms with Crippen LogP contribution in [0.5, 0.6) is 0 Å². The molecule has 0 heterocycles. The van der Waals surface area contributed by atoms with Gasteiger partial charge in [-0.15, -0.1) is 11.6 Å². The highest BCUT2D eigenvalue weighted by Crippen LogP contribution is 2.22. The molecule has 4 heteroatoms. The summed E-state index contributed by atoms with van der Waals surface area (Å²) >= 11 is 5.80. The molecule has 0 aliphatic carbocycles. The quantitative estimate of drug-likeness (QED) is 0.254. The summed E-state index contributed by atoms with van der Waals surface area (Å²) in [4.78, 5) is 0. The van der Waals surface area contributed by atoms with E-state index in [1.807, 2.05) is 0 Å². The predicted octanol–water partition coefficient (Wildman–Crippen LogP) is 0.814. The molecule has 0 aromatic carbocycles. The Bertz CT molecular complexity index is 172. The molecule has 16 heavy (non-hydrogen) atoms. The topological polar surface area (TPSA) is 0 Å². The van der Waals surface area contributed by atoms with Crippen molar-refractivity contribution in [2.45, 2.75) is 44.9 Å². The molecule has 0 aliphatic rings. The number of nitrogens with zero attached hydrogens (tertiary/aromatic N) is 1. The standard InChI is InChI=1S/C12H29ClNSi.HI/c1-6-15(5,7-2)12-8-10-14(3,4)11-9-13;/h6-12H2,1-5H3;1H/q+1;/p-1. The third kappa shape index (κ3) is 8.31. The van der Waals surface area contributed by atoms with E-state index in [-0.39, 0.29) is 24.0 Å². The number of rotatable bonds is 8. The third-order valence-corrected chi connectivity index (χ3v) is 9.08. The minimum atomic E-state index is -0.863. The van der Waals surface area contributed by atoms with Gasteiger partial charge in [0.1, 0.15) is 0 Å². The Morgan fingerprint density at radius 1 is 1.06 bits per heavy atom. The summed E-state index contributed by atoms with van der Waals surface area (Å²) in [7, 11) is 3.72.